The highest BCUT2D eigenvalue weighted by atomic mass is 16.5. The normalized spacial score (nSPS) is 28.9. The Balaban J connectivity index is 0.829. The summed E-state index contributed by atoms with van der Waals surface area (Å²) in [4.78, 5) is 29.0. The van der Waals surface area contributed by atoms with E-state index in [-0.39, 0.29) is 66.8 Å². The first-order valence-electron chi connectivity index (χ1n) is 32.4. The summed E-state index contributed by atoms with van der Waals surface area (Å²) in [6, 6.07) is 16.1. The Bertz CT molecular complexity index is 3230. The maximum atomic E-state index is 13.7. The average Bonchev–Trinajstić information content (AvgIpc) is 1.31. The van der Waals surface area contributed by atoms with E-state index in [1.165, 1.54) is 44.9 Å². The van der Waals surface area contributed by atoms with Crippen molar-refractivity contribution in [1.29, 1.82) is 0 Å². The number of imide groups is 1. The van der Waals surface area contributed by atoms with E-state index in [1.54, 1.807) is 17.0 Å². The van der Waals surface area contributed by atoms with Gasteiger partial charge < -0.3 is 54.7 Å². The van der Waals surface area contributed by atoms with Gasteiger partial charge in [0.2, 0.25) is 5.75 Å². The third-order valence-electron chi connectivity index (χ3n) is 21.7. The second-order valence-corrected chi connectivity index (χ2v) is 26.2. The van der Waals surface area contributed by atoms with E-state index in [4.69, 9.17) is 23.7 Å². The van der Waals surface area contributed by atoms with Gasteiger partial charge in [-0.1, -0.05) is 94.7 Å². The molecular weight excluding hydrogens is 1070 g/mol. The molecule has 10 unspecified atom stereocenters. The highest BCUT2D eigenvalue weighted by Crippen LogP contribution is 2.62. The molecule has 0 bridgehead atoms. The first-order valence-corrected chi connectivity index (χ1v) is 32.4. The molecule has 454 valence electrons. The molecule has 4 fully saturated rings. The molecule has 15 heteroatoms. The number of benzene rings is 4. The quantitative estimate of drug-likeness (QED) is 0.0326. The smallest absolute Gasteiger partial charge is 0.254 e. The maximum absolute atomic E-state index is 13.7. The molecule has 10 atom stereocenters. The molecule has 13 rings (SSSR count). The number of nitrogens with one attached hydrogen (secondary N) is 3. The van der Waals surface area contributed by atoms with Crippen LogP contribution in [0, 0.1) is 23.7 Å². The van der Waals surface area contributed by atoms with Gasteiger partial charge in [0, 0.05) is 94.4 Å². The zero-order valence-corrected chi connectivity index (χ0v) is 50.0. The summed E-state index contributed by atoms with van der Waals surface area (Å²) in [6.07, 6.45) is 24.2. The van der Waals surface area contributed by atoms with Gasteiger partial charge in [-0.3, -0.25) is 19.8 Å². The number of aliphatic hydroxyl groups excluding tert-OH is 3. The lowest BCUT2D eigenvalue weighted by molar-refractivity contribution is -0.153. The third kappa shape index (κ3) is 9.99. The van der Waals surface area contributed by atoms with Crippen molar-refractivity contribution >= 4 is 23.6 Å². The minimum absolute atomic E-state index is 0.0332. The zero-order chi connectivity index (χ0) is 58.6. The van der Waals surface area contributed by atoms with Crippen molar-refractivity contribution in [2.45, 2.75) is 183 Å². The van der Waals surface area contributed by atoms with Crippen LogP contribution in [-0.4, -0.2) is 101 Å². The number of methoxy groups -OCH3 is 1. The number of amides is 2. The van der Waals surface area contributed by atoms with Gasteiger partial charge in [-0.25, -0.2) is 0 Å². The van der Waals surface area contributed by atoms with Crippen LogP contribution >= 0.6 is 0 Å². The number of hydrogen-bond acceptors (Lipinski definition) is 14. The molecule has 9 aliphatic rings. The molecule has 15 nitrogen and oxygen atoms in total. The number of piperidine rings is 1. The Morgan fingerprint density at radius 2 is 1.60 bits per heavy atom. The number of allylic oxidation sites excluding steroid dienone is 1. The molecule has 4 aromatic carbocycles. The van der Waals surface area contributed by atoms with Gasteiger partial charge in [-0.2, -0.15) is 0 Å². The number of ether oxygens (including phenoxy) is 5. The Morgan fingerprint density at radius 1 is 0.800 bits per heavy atom. The number of anilines is 1. The van der Waals surface area contributed by atoms with E-state index in [2.05, 4.69) is 60.1 Å². The van der Waals surface area contributed by atoms with Crippen LogP contribution in [0.3, 0.4) is 0 Å². The standard InChI is InChI=1S/C70H88N4O11/c1-4-5-6-14-32-71-33-34-82-54-38-56(85-70-31-13-10-17-45(70)22-20-42(2)73-70)64-63-47(54)23-24-48-61(63)53(72-67(64)80)37-55-62(48)65(78)49(41-84-55)44-35-57(81-3)66(79)58(36-44)83-40-46(39-75)69-30-15-19-51(52(69)25-21-43-16-8-9-18-50(43)69)68(28-11-7-12-29-68)74-59(76)26-27-60(74)77/h8-9,16,18,21,25-27,35-38,42,45-46,49,51-52,65,67,71-73,75,78-80H,4-7,10-15,17,19-20,22-24,28-34,39-41H2,1-3H3. The zero-order valence-electron chi connectivity index (χ0n) is 50.0. The fraction of sp³-hybridized carbons (Fsp3) is 0.571. The van der Waals surface area contributed by atoms with Crippen molar-refractivity contribution < 1.29 is 53.7 Å². The highest BCUT2D eigenvalue weighted by molar-refractivity contribution is 6.13. The van der Waals surface area contributed by atoms with Gasteiger partial charge >= 0.3 is 0 Å². The monoisotopic (exact) mass is 1160 g/mol. The summed E-state index contributed by atoms with van der Waals surface area (Å²) in [5, 5.41) is 60.1. The SMILES string of the molecule is CCCCCCNCCOc1cc(OC23CCCCC2CCC(C)N3)c2c3c1CCc1c-3c(cc3c1C(O)C(c1cc(OC)c(O)c(OCC(CO)C45CCCC(C6(N7C(=O)C=CC7=O)CCCCC6)C4C=Cc4ccccc45)c1)CO3)NC2O. The van der Waals surface area contributed by atoms with E-state index < -0.39 is 40.8 Å². The lowest BCUT2D eigenvalue weighted by Crippen LogP contribution is -2.64. The Labute approximate surface area is 500 Å². The predicted molar refractivity (Wildman–Crippen MR) is 326 cm³/mol. The Morgan fingerprint density at radius 3 is 2.41 bits per heavy atom. The van der Waals surface area contributed by atoms with E-state index >= 15 is 0 Å². The van der Waals surface area contributed by atoms with Crippen LogP contribution in [0.5, 0.6) is 34.5 Å². The van der Waals surface area contributed by atoms with E-state index in [9.17, 15) is 30.0 Å². The number of aromatic hydroxyl groups is 1. The lowest BCUT2D eigenvalue weighted by Gasteiger charge is -2.60. The van der Waals surface area contributed by atoms with Crippen LogP contribution < -0.4 is 39.6 Å². The molecule has 3 saturated carbocycles. The van der Waals surface area contributed by atoms with Gasteiger partial charge in [0.25, 0.3) is 11.8 Å². The molecule has 5 aliphatic carbocycles. The Hall–Kier alpha value is -6.10. The molecule has 7 N–H and O–H groups in total. The molecule has 4 aliphatic heterocycles. The second kappa shape index (κ2) is 23.9. The minimum atomic E-state index is -1.08. The Kier molecular flexibility index (Phi) is 16.3. The van der Waals surface area contributed by atoms with E-state index in [1.807, 2.05) is 18.2 Å². The summed E-state index contributed by atoms with van der Waals surface area (Å²) in [5.41, 5.74) is 6.77. The van der Waals surface area contributed by atoms with Crippen LogP contribution in [0.15, 0.2) is 66.8 Å². The van der Waals surface area contributed by atoms with Crippen molar-refractivity contribution in [2.75, 3.05) is 51.9 Å². The van der Waals surface area contributed by atoms with Crippen molar-refractivity contribution in [3.8, 4) is 45.6 Å². The van der Waals surface area contributed by atoms with Gasteiger partial charge in [0.15, 0.2) is 23.5 Å². The molecule has 85 heavy (non-hydrogen) atoms. The number of aliphatic hydroxyl groups is 3. The number of phenolic OH excluding ortho intramolecular Hbond substituents is 1. The number of rotatable bonds is 20. The minimum Gasteiger partial charge on any atom is -0.502 e. The number of fused-ring (bicyclic) bond motifs is 6. The van der Waals surface area contributed by atoms with Gasteiger partial charge in [-0.05, 0) is 130 Å². The lowest BCUT2D eigenvalue weighted by atomic mass is 9.47. The van der Waals surface area contributed by atoms with Crippen LogP contribution in [0.1, 0.15) is 187 Å². The first-order chi connectivity index (χ1) is 41.4. The number of carbonyl (C=O) groups is 2. The summed E-state index contributed by atoms with van der Waals surface area (Å²) in [7, 11) is 1.50. The molecule has 1 saturated heterocycles. The number of phenols is 1. The summed E-state index contributed by atoms with van der Waals surface area (Å²) >= 11 is 0. The molecule has 4 aromatic rings. The number of unbranched alkanes of at least 4 members (excludes halogenated alkanes) is 3. The third-order valence-corrected chi connectivity index (χ3v) is 21.7. The van der Waals surface area contributed by atoms with Crippen LogP contribution in [0.25, 0.3) is 17.2 Å². The number of hydrogen-bond donors (Lipinski definition) is 7. The van der Waals surface area contributed by atoms with Crippen LogP contribution in [-0.2, 0) is 27.8 Å². The van der Waals surface area contributed by atoms with Gasteiger partial charge in [0.1, 0.15) is 23.9 Å². The molecule has 4 heterocycles. The number of carbonyl (C=O) groups excluding carboxylic acids is 2. The summed E-state index contributed by atoms with van der Waals surface area (Å²) in [6.45, 7) is 6.49. The molecule has 0 spiro atoms. The van der Waals surface area contributed by atoms with Crippen LogP contribution in [0.4, 0.5) is 5.69 Å². The van der Waals surface area contributed by atoms with Crippen molar-refractivity contribution in [1.82, 2.24) is 15.5 Å². The maximum Gasteiger partial charge on any atom is 0.254 e. The van der Waals surface area contributed by atoms with Crippen molar-refractivity contribution in [3.05, 3.63) is 106 Å². The fourth-order valence-corrected chi connectivity index (χ4v) is 17.8. The fourth-order valence-electron chi connectivity index (χ4n) is 17.8. The average molecular weight is 1160 g/mol. The summed E-state index contributed by atoms with van der Waals surface area (Å²) in [5.74, 6) is 0.598. The molecule has 0 aromatic heterocycles. The van der Waals surface area contributed by atoms with Crippen LogP contribution in [0.2, 0.25) is 0 Å². The van der Waals surface area contributed by atoms with Gasteiger partial charge in [-0.15, -0.1) is 0 Å². The second-order valence-electron chi connectivity index (χ2n) is 26.2. The largest absolute Gasteiger partial charge is 0.502 e. The predicted octanol–water partition coefficient (Wildman–Crippen LogP) is 11.4. The molecular formula is C70H88N4O11. The van der Waals surface area contributed by atoms with Crippen molar-refractivity contribution in [2.24, 2.45) is 23.7 Å². The highest BCUT2D eigenvalue weighted by Gasteiger charge is 2.60. The molecule has 2 amide bonds. The number of nitrogens with zero attached hydrogens (tertiary/aromatic N) is 1. The first kappa shape index (κ1) is 57.9. The topological polar surface area (TPSA) is 201 Å². The van der Waals surface area contributed by atoms with E-state index in [0.29, 0.717) is 60.1 Å². The molecule has 0 radical (unpaired) electrons. The summed E-state index contributed by atoms with van der Waals surface area (Å²) < 4.78 is 33.6. The van der Waals surface area contributed by atoms with Gasteiger partial charge in [0.05, 0.1) is 44.1 Å². The van der Waals surface area contributed by atoms with Crippen molar-refractivity contribution in [3.63, 3.8) is 0 Å². The van der Waals surface area contributed by atoms with E-state index in [0.717, 1.165) is 141 Å².